The Hall–Kier alpha value is -1.13. The van der Waals surface area contributed by atoms with E-state index < -0.39 is 5.82 Å². The minimum absolute atomic E-state index is 0.0106. The molecule has 2 aliphatic heterocycles. The largest absolute Gasteiger partial charge is 0.375 e. The Labute approximate surface area is 122 Å². The smallest absolute Gasteiger partial charge is 0.253 e. The van der Waals surface area contributed by atoms with Gasteiger partial charge in [-0.15, -0.1) is 0 Å². The molecular weight excluding hydrogens is 281 g/mol. The number of benzene rings is 1. The number of fused-ring (bicyclic) bond motifs is 1. The van der Waals surface area contributed by atoms with Gasteiger partial charge in [0.1, 0.15) is 5.82 Å². The van der Waals surface area contributed by atoms with Gasteiger partial charge < -0.3 is 9.64 Å². The molecule has 108 valence electrons. The third-order valence-corrected chi connectivity index (χ3v) is 4.45. The molecule has 1 aromatic rings. The summed E-state index contributed by atoms with van der Waals surface area (Å²) in [6.45, 7) is 3.47. The van der Waals surface area contributed by atoms with E-state index in [0.717, 1.165) is 12.8 Å². The van der Waals surface area contributed by atoms with E-state index >= 15 is 0 Å². The van der Waals surface area contributed by atoms with Gasteiger partial charge in [-0.25, -0.2) is 4.39 Å². The number of halogens is 2. The first kappa shape index (κ1) is 13.8. The first-order valence-electron chi connectivity index (χ1n) is 6.94. The maximum absolute atomic E-state index is 13.2. The van der Waals surface area contributed by atoms with Crippen LogP contribution in [-0.2, 0) is 4.74 Å². The fourth-order valence-electron chi connectivity index (χ4n) is 3.19. The summed E-state index contributed by atoms with van der Waals surface area (Å²) in [5, 5.41) is -0.0106. The number of likely N-dealkylation sites (tertiary alicyclic amines) is 1. The molecule has 20 heavy (non-hydrogen) atoms. The predicted octanol–water partition coefficient (Wildman–Crippen LogP) is 3.12. The molecule has 5 heteroatoms. The summed E-state index contributed by atoms with van der Waals surface area (Å²) in [6.07, 6.45) is 2.43. The molecule has 3 rings (SSSR count). The molecule has 0 N–H and O–H groups in total. The Morgan fingerprint density at radius 1 is 1.50 bits per heavy atom. The zero-order valence-electron chi connectivity index (χ0n) is 11.3. The molecule has 1 aromatic carbocycles. The van der Waals surface area contributed by atoms with Gasteiger partial charge in [0.25, 0.3) is 5.91 Å². The highest BCUT2D eigenvalue weighted by atomic mass is 35.5. The molecule has 2 fully saturated rings. The maximum atomic E-state index is 13.2. The zero-order valence-corrected chi connectivity index (χ0v) is 12.1. The molecule has 0 radical (unpaired) electrons. The number of rotatable bonds is 1. The van der Waals surface area contributed by atoms with Crippen LogP contribution in [0.3, 0.4) is 0 Å². The van der Waals surface area contributed by atoms with Crippen molar-refractivity contribution in [2.24, 2.45) is 5.92 Å². The number of nitrogens with zero attached hydrogens (tertiary/aromatic N) is 1. The van der Waals surface area contributed by atoms with Crippen LogP contribution in [0.2, 0.25) is 5.02 Å². The highest BCUT2D eigenvalue weighted by Gasteiger charge is 2.38. The third-order valence-electron chi connectivity index (χ3n) is 4.16. The third kappa shape index (κ3) is 2.54. The van der Waals surface area contributed by atoms with Crippen molar-refractivity contribution in [1.29, 1.82) is 0 Å². The Bertz CT molecular complexity index is 537. The lowest BCUT2D eigenvalue weighted by Gasteiger charge is -2.34. The van der Waals surface area contributed by atoms with Crippen LogP contribution in [0, 0.1) is 11.7 Å². The predicted molar refractivity (Wildman–Crippen MR) is 74.4 cm³/mol. The molecule has 1 amide bonds. The average molecular weight is 298 g/mol. The van der Waals surface area contributed by atoms with E-state index in [1.54, 1.807) is 0 Å². The van der Waals surface area contributed by atoms with Crippen molar-refractivity contribution >= 4 is 17.5 Å². The fourth-order valence-corrected chi connectivity index (χ4v) is 3.37. The van der Waals surface area contributed by atoms with Crippen LogP contribution in [-0.4, -0.2) is 36.1 Å². The van der Waals surface area contributed by atoms with Crippen LogP contribution in [0.4, 0.5) is 4.39 Å². The molecule has 0 unspecified atom stereocenters. The van der Waals surface area contributed by atoms with Gasteiger partial charge in [-0.05, 0) is 38.0 Å². The van der Waals surface area contributed by atoms with Gasteiger partial charge in [0.2, 0.25) is 0 Å². The summed E-state index contributed by atoms with van der Waals surface area (Å²) in [5.74, 6) is -0.163. The second-order valence-electron chi connectivity index (χ2n) is 5.65. The Balaban J connectivity index is 1.73. The number of ether oxygens (including phenoxy) is 1. The maximum Gasteiger partial charge on any atom is 0.253 e. The van der Waals surface area contributed by atoms with Crippen LogP contribution < -0.4 is 0 Å². The van der Waals surface area contributed by atoms with Crippen LogP contribution in [0.1, 0.15) is 30.1 Å². The summed E-state index contributed by atoms with van der Waals surface area (Å²) >= 11 is 5.74. The van der Waals surface area contributed by atoms with E-state index in [2.05, 4.69) is 6.92 Å². The van der Waals surface area contributed by atoms with Crippen molar-refractivity contribution in [1.82, 2.24) is 4.90 Å². The summed E-state index contributed by atoms with van der Waals surface area (Å²) in [4.78, 5) is 14.3. The van der Waals surface area contributed by atoms with Gasteiger partial charge >= 0.3 is 0 Å². The van der Waals surface area contributed by atoms with Gasteiger partial charge in [0.15, 0.2) is 0 Å². The quantitative estimate of drug-likeness (QED) is 0.797. The van der Waals surface area contributed by atoms with Crippen molar-refractivity contribution in [2.75, 3.05) is 13.1 Å². The van der Waals surface area contributed by atoms with Crippen molar-refractivity contribution in [3.63, 3.8) is 0 Å². The first-order valence-corrected chi connectivity index (χ1v) is 7.32. The molecule has 2 aliphatic rings. The van der Waals surface area contributed by atoms with Gasteiger partial charge in [-0.1, -0.05) is 11.6 Å². The molecule has 0 saturated carbocycles. The van der Waals surface area contributed by atoms with Crippen LogP contribution in [0.15, 0.2) is 18.2 Å². The van der Waals surface area contributed by atoms with Crippen molar-refractivity contribution in [3.8, 4) is 0 Å². The molecular formula is C15H17ClFNO2. The number of hydrogen-bond donors (Lipinski definition) is 0. The lowest BCUT2D eigenvalue weighted by atomic mass is 9.92. The standard InChI is InChI=1S/C15H17ClFNO2/c1-9-6-11-8-18(5-4-14(11)20-9)15(19)10-2-3-13(17)12(16)7-10/h2-3,7,9,11,14H,4-6,8H2,1H3/t9-,11-,14-/m1/s1. The molecule has 2 saturated heterocycles. The number of carbonyl (C=O) groups is 1. The molecule has 0 spiro atoms. The molecule has 3 nitrogen and oxygen atoms in total. The SMILES string of the molecule is C[C@@H]1C[C@@H]2CN(C(=O)c3ccc(F)c(Cl)c3)CC[C@H]2O1. The van der Waals surface area contributed by atoms with E-state index in [9.17, 15) is 9.18 Å². The van der Waals surface area contributed by atoms with Crippen LogP contribution in [0.5, 0.6) is 0 Å². The minimum atomic E-state index is -0.500. The first-order chi connectivity index (χ1) is 9.54. The van der Waals surface area contributed by atoms with Gasteiger partial charge in [0.05, 0.1) is 17.2 Å². The zero-order chi connectivity index (χ0) is 14.3. The lowest BCUT2D eigenvalue weighted by Crippen LogP contribution is -2.44. The second-order valence-corrected chi connectivity index (χ2v) is 6.06. The van der Waals surface area contributed by atoms with E-state index in [1.807, 2.05) is 4.90 Å². The molecule has 2 heterocycles. The van der Waals surface area contributed by atoms with Crippen LogP contribution in [0.25, 0.3) is 0 Å². The second kappa shape index (κ2) is 5.34. The number of amides is 1. The van der Waals surface area contributed by atoms with E-state index in [-0.39, 0.29) is 23.1 Å². The molecule has 3 atom stereocenters. The summed E-state index contributed by atoms with van der Waals surface area (Å²) in [7, 11) is 0. The van der Waals surface area contributed by atoms with E-state index in [1.165, 1.54) is 18.2 Å². The summed E-state index contributed by atoms with van der Waals surface area (Å²) < 4.78 is 19.0. The Morgan fingerprint density at radius 3 is 3.05 bits per heavy atom. The van der Waals surface area contributed by atoms with Crippen molar-refractivity contribution < 1.29 is 13.9 Å². The van der Waals surface area contributed by atoms with E-state index in [0.29, 0.717) is 24.6 Å². The Kier molecular flexibility index (Phi) is 3.69. The highest BCUT2D eigenvalue weighted by Crippen LogP contribution is 2.33. The number of piperidine rings is 1. The normalized spacial score (nSPS) is 29.4. The molecule has 0 aliphatic carbocycles. The monoisotopic (exact) mass is 297 g/mol. The van der Waals surface area contributed by atoms with E-state index in [4.69, 9.17) is 16.3 Å². The minimum Gasteiger partial charge on any atom is -0.375 e. The fraction of sp³-hybridized carbons (Fsp3) is 0.533. The van der Waals surface area contributed by atoms with Crippen LogP contribution >= 0.6 is 11.6 Å². The topological polar surface area (TPSA) is 29.5 Å². The summed E-state index contributed by atoms with van der Waals surface area (Å²) in [6, 6.07) is 4.13. The Morgan fingerprint density at radius 2 is 2.30 bits per heavy atom. The van der Waals surface area contributed by atoms with Gasteiger partial charge in [-0.3, -0.25) is 4.79 Å². The highest BCUT2D eigenvalue weighted by molar-refractivity contribution is 6.31. The average Bonchev–Trinajstić information content (AvgIpc) is 2.80. The van der Waals surface area contributed by atoms with Gasteiger partial charge in [0, 0.05) is 24.6 Å². The number of hydrogen-bond acceptors (Lipinski definition) is 2. The summed E-state index contributed by atoms with van der Waals surface area (Å²) in [5.41, 5.74) is 0.446. The van der Waals surface area contributed by atoms with Crippen molar-refractivity contribution in [2.45, 2.75) is 32.0 Å². The van der Waals surface area contributed by atoms with Crippen molar-refractivity contribution in [3.05, 3.63) is 34.6 Å². The van der Waals surface area contributed by atoms with Gasteiger partial charge in [-0.2, -0.15) is 0 Å². The molecule has 0 aromatic heterocycles. The number of carbonyl (C=O) groups excluding carboxylic acids is 1. The lowest BCUT2D eigenvalue weighted by molar-refractivity contribution is 0.00865. The molecule has 0 bridgehead atoms.